The Morgan fingerprint density at radius 3 is 2.71 bits per heavy atom. The van der Waals surface area contributed by atoms with Crippen LogP contribution in [0.3, 0.4) is 0 Å². The lowest BCUT2D eigenvalue weighted by Gasteiger charge is -2.40. The number of rotatable bonds is 2. The van der Waals surface area contributed by atoms with Gasteiger partial charge < -0.3 is 9.64 Å². The van der Waals surface area contributed by atoms with Crippen molar-refractivity contribution in [3.05, 3.63) is 29.8 Å². The van der Waals surface area contributed by atoms with Crippen LogP contribution < -0.4 is 4.90 Å². The molecule has 1 saturated heterocycles. The van der Waals surface area contributed by atoms with Gasteiger partial charge >= 0.3 is 5.97 Å². The fourth-order valence-corrected chi connectivity index (χ4v) is 5.24. The van der Waals surface area contributed by atoms with Crippen LogP contribution in [-0.2, 0) is 19.7 Å². The van der Waals surface area contributed by atoms with Crippen LogP contribution in [-0.4, -0.2) is 30.4 Å². The molecule has 3 atom stereocenters. The molecule has 1 aliphatic carbocycles. The number of anilines is 1. The minimum atomic E-state index is -1.12. The summed E-state index contributed by atoms with van der Waals surface area (Å²) >= 11 is 0. The number of para-hydroxylation sites is 1. The van der Waals surface area contributed by atoms with Gasteiger partial charge in [-0.3, -0.25) is 4.79 Å². The molecule has 110 valence electrons. The molecule has 1 saturated carbocycles. The molecule has 3 unspecified atom stereocenters. The normalized spacial score (nSPS) is 39.0. The lowest BCUT2D eigenvalue weighted by atomic mass is 9.60. The summed E-state index contributed by atoms with van der Waals surface area (Å²) in [5.74, 6) is -0.417. The van der Waals surface area contributed by atoms with E-state index in [0.717, 1.165) is 37.7 Å². The van der Waals surface area contributed by atoms with Crippen LogP contribution in [0.4, 0.5) is 5.69 Å². The van der Waals surface area contributed by atoms with Gasteiger partial charge in [0.25, 0.3) is 0 Å². The molecule has 2 heterocycles. The zero-order chi connectivity index (χ0) is 14.9. The number of hydrogen-bond acceptors (Lipinski definition) is 4. The molecule has 0 aromatic heterocycles. The van der Waals surface area contributed by atoms with Crippen molar-refractivity contribution in [1.29, 1.82) is 0 Å². The van der Waals surface area contributed by atoms with Crippen molar-refractivity contribution in [2.24, 2.45) is 0 Å². The highest BCUT2D eigenvalue weighted by molar-refractivity contribution is 6.15. The third-order valence-corrected chi connectivity index (χ3v) is 6.10. The minimum Gasteiger partial charge on any atom is -0.467 e. The second-order valence-corrected chi connectivity index (χ2v) is 6.63. The zero-order valence-corrected chi connectivity index (χ0v) is 12.4. The van der Waals surface area contributed by atoms with Gasteiger partial charge in [-0.05, 0) is 24.5 Å². The molecule has 1 aromatic rings. The van der Waals surface area contributed by atoms with Crippen LogP contribution in [0.5, 0.6) is 0 Å². The Morgan fingerprint density at radius 2 is 2.00 bits per heavy atom. The lowest BCUT2D eigenvalue weighted by molar-refractivity contribution is -0.146. The number of esters is 1. The summed E-state index contributed by atoms with van der Waals surface area (Å²) in [4.78, 5) is 26.4. The Labute approximate surface area is 124 Å². The van der Waals surface area contributed by atoms with E-state index < -0.39 is 17.0 Å². The summed E-state index contributed by atoms with van der Waals surface area (Å²) in [5.41, 5.74) is 0.601. The topological polar surface area (TPSA) is 46.4 Å². The molecule has 0 bridgehead atoms. The number of benzene rings is 1. The van der Waals surface area contributed by atoms with Gasteiger partial charge in [0.2, 0.25) is 5.54 Å². The Balaban J connectivity index is 2.00. The van der Waals surface area contributed by atoms with Crippen LogP contribution in [0.2, 0.25) is 0 Å². The van der Waals surface area contributed by atoms with E-state index in [2.05, 4.69) is 13.0 Å². The highest BCUT2D eigenvalue weighted by Gasteiger charge is 2.89. The minimum absolute atomic E-state index is 0.156. The molecule has 2 aliphatic heterocycles. The van der Waals surface area contributed by atoms with E-state index in [1.165, 1.54) is 12.7 Å². The van der Waals surface area contributed by atoms with Crippen molar-refractivity contribution in [3.8, 4) is 0 Å². The molecule has 1 spiro atoms. The van der Waals surface area contributed by atoms with Gasteiger partial charge in [-0.1, -0.05) is 38.0 Å². The Bertz CT molecular complexity index is 657. The second kappa shape index (κ2) is 3.67. The van der Waals surface area contributed by atoms with Gasteiger partial charge in [0.05, 0.1) is 12.6 Å². The Kier molecular flexibility index (Phi) is 2.25. The molecule has 1 aromatic carbocycles. The molecule has 3 aliphatic rings. The maximum absolute atomic E-state index is 12.4. The fourth-order valence-electron chi connectivity index (χ4n) is 5.24. The number of fused-ring (bicyclic) bond motifs is 3. The van der Waals surface area contributed by atoms with E-state index in [1.54, 1.807) is 0 Å². The summed E-state index contributed by atoms with van der Waals surface area (Å²) in [6.07, 6.45) is 4.88. The quantitative estimate of drug-likeness (QED) is 0.362. The number of ether oxygens (including phenoxy) is 1. The van der Waals surface area contributed by atoms with Crippen LogP contribution in [0, 0.1) is 0 Å². The first kappa shape index (κ1) is 12.9. The average molecular weight is 285 g/mol. The number of methoxy groups -OCH3 is 1. The van der Waals surface area contributed by atoms with E-state index >= 15 is 0 Å². The van der Waals surface area contributed by atoms with E-state index in [9.17, 15) is 9.59 Å². The largest absolute Gasteiger partial charge is 0.467 e. The first-order valence-corrected chi connectivity index (χ1v) is 7.55. The third kappa shape index (κ3) is 1.05. The predicted octanol–water partition coefficient (Wildman–Crippen LogP) is 2.20. The fraction of sp³-hybridized carbons (Fsp3) is 0.529. The maximum atomic E-state index is 12.4. The summed E-state index contributed by atoms with van der Waals surface area (Å²) in [6, 6.07) is 8.17. The molecule has 2 fully saturated rings. The molecule has 0 N–H and O–H groups in total. The second-order valence-electron chi connectivity index (χ2n) is 6.63. The van der Waals surface area contributed by atoms with E-state index in [4.69, 9.17) is 4.74 Å². The number of aldehydes is 1. The summed E-state index contributed by atoms with van der Waals surface area (Å²) in [5, 5.41) is 0. The van der Waals surface area contributed by atoms with Crippen molar-refractivity contribution >= 4 is 17.9 Å². The smallest absolute Gasteiger partial charge is 0.341 e. The maximum Gasteiger partial charge on any atom is 0.341 e. The van der Waals surface area contributed by atoms with Gasteiger partial charge in [0.1, 0.15) is 0 Å². The van der Waals surface area contributed by atoms with Crippen molar-refractivity contribution in [3.63, 3.8) is 0 Å². The molecule has 0 amide bonds. The summed E-state index contributed by atoms with van der Waals surface area (Å²) < 4.78 is 5.00. The third-order valence-electron chi connectivity index (χ3n) is 6.10. The van der Waals surface area contributed by atoms with Gasteiger partial charge in [0, 0.05) is 11.1 Å². The van der Waals surface area contributed by atoms with E-state index in [-0.39, 0.29) is 5.41 Å². The van der Waals surface area contributed by atoms with E-state index in [1.807, 2.05) is 23.1 Å². The predicted molar refractivity (Wildman–Crippen MR) is 78.3 cm³/mol. The SMILES string of the molecule is COC(=O)C1(C=O)N2c3ccccc3C3(C)CCCCC231. The van der Waals surface area contributed by atoms with Crippen LogP contribution >= 0.6 is 0 Å². The number of nitrogens with zero attached hydrogens (tertiary/aromatic N) is 1. The first-order valence-electron chi connectivity index (χ1n) is 7.55. The van der Waals surface area contributed by atoms with E-state index in [0.29, 0.717) is 0 Å². The molecule has 21 heavy (non-hydrogen) atoms. The van der Waals surface area contributed by atoms with Crippen molar-refractivity contribution in [2.45, 2.75) is 49.1 Å². The first-order chi connectivity index (χ1) is 10.1. The standard InChI is InChI=1S/C17H19NO3/c1-15-9-5-6-10-17(15)16(11-19,14(20)21-2)18(17)13-8-4-3-7-12(13)15/h3-4,7-8,11H,5-6,9-10H2,1-2H3. The summed E-state index contributed by atoms with van der Waals surface area (Å²) in [7, 11) is 1.37. The van der Waals surface area contributed by atoms with Crippen LogP contribution in [0.1, 0.15) is 38.2 Å². The molecule has 4 rings (SSSR count). The number of hydrogen-bond donors (Lipinski definition) is 0. The van der Waals surface area contributed by atoms with Crippen LogP contribution in [0.15, 0.2) is 24.3 Å². The highest BCUT2D eigenvalue weighted by atomic mass is 16.5. The number of carbonyl (C=O) groups excluding carboxylic acids is 2. The summed E-state index contributed by atoms with van der Waals surface area (Å²) in [6.45, 7) is 2.21. The van der Waals surface area contributed by atoms with Gasteiger partial charge in [0.15, 0.2) is 6.29 Å². The molecule has 4 heteroatoms. The van der Waals surface area contributed by atoms with Gasteiger partial charge in [-0.25, -0.2) is 4.79 Å². The molecule has 0 radical (unpaired) electrons. The highest BCUT2D eigenvalue weighted by Crippen LogP contribution is 2.74. The molecular weight excluding hydrogens is 266 g/mol. The monoisotopic (exact) mass is 285 g/mol. The van der Waals surface area contributed by atoms with Gasteiger partial charge in [-0.2, -0.15) is 0 Å². The molecular formula is C17H19NO3. The van der Waals surface area contributed by atoms with Crippen molar-refractivity contribution in [2.75, 3.05) is 12.0 Å². The lowest BCUT2D eigenvalue weighted by Crippen LogP contribution is -2.50. The Morgan fingerprint density at radius 1 is 1.29 bits per heavy atom. The van der Waals surface area contributed by atoms with Gasteiger partial charge in [-0.15, -0.1) is 0 Å². The van der Waals surface area contributed by atoms with Crippen LogP contribution in [0.25, 0.3) is 0 Å². The molecule has 4 nitrogen and oxygen atoms in total. The van der Waals surface area contributed by atoms with Crippen molar-refractivity contribution < 1.29 is 14.3 Å². The Hall–Kier alpha value is -1.84. The average Bonchev–Trinajstić information content (AvgIpc) is 3.05. The zero-order valence-electron chi connectivity index (χ0n) is 12.4. The van der Waals surface area contributed by atoms with Crippen molar-refractivity contribution in [1.82, 2.24) is 0 Å². The number of carbonyl (C=O) groups is 2.